The summed E-state index contributed by atoms with van der Waals surface area (Å²) in [6.45, 7) is 0. The first kappa shape index (κ1) is 9.43. The molecule has 1 aromatic carbocycles. The number of hydrazine groups is 2. The van der Waals surface area contributed by atoms with Crippen LogP contribution in [0.15, 0.2) is 18.2 Å². The maximum absolute atomic E-state index is 12.6. The van der Waals surface area contributed by atoms with Gasteiger partial charge in [-0.1, -0.05) is 0 Å². The molecule has 5 nitrogen and oxygen atoms in total. The number of halogens is 1. The van der Waals surface area contributed by atoms with E-state index in [1.165, 1.54) is 12.1 Å². The zero-order chi connectivity index (χ0) is 9.84. The maximum Gasteiger partial charge on any atom is 0.350 e. The van der Waals surface area contributed by atoms with Crippen molar-refractivity contribution in [1.82, 2.24) is 5.43 Å². The zero-order valence-corrected chi connectivity index (χ0v) is 6.62. The molecule has 0 aliphatic carbocycles. The van der Waals surface area contributed by atoms with Crippen molar-refractivity contribution in [2.75, 3.05) is 5.01 Å². The minimum Gasteiger partial charge on any atom is -0.274 e. The molecule has 2 amide bonds. The number of urea groups is 1. The van der Waals surface area contributed by atoms with Crippen LogP contribution >= 0.6 is 0 Å². The van der Waals surface area contributed by atoms with Crippen LogP contribution in [-0.2, 0) is 0 Å². The van der Waals surface area contributed by atoms with E-state index in [2.05, 4.69) is 6.07 Å². The van der Waals surface area contributed by atoms with Crippen LogP contribution in [0.5, 0.6) is 0 Å². The van der Waals surface area contributed by atoms with Gasteiger partial charge in [0.25, 0.3) is 0 Å². The summed E-state index contributed by atoms with van der Waals surface area (Å²) in [5.74, 6) is 9.50. The van der Waals surface area contributed by atoms with Gasteiger partial charge in [-0.3, -0.25) is 5.43 Å². The Morgan fingerprint density at radius 2 is 2.38 bits per heavy atom. The fraction of sp³-hybridized carbons (Fsp3) is 0. The molecule has 0 bridgehead atoms. The number of nitrogens with zero attached hydrogens (tertiary/aromatic N) is 1. The predicted octanol–water partition coefficient (Wildman–Crippen LogP) is -0.111. The van der Waals surface area contributed by atoms with Crippen molar-refractivity contribution < 1.29 is 9.18 Å². The average Bonchev–Trinajstić information content (AvgIpc) is 2.15. The normalized spacial score (nSPS) is 9.46. The smallest absolute Gasteiger partial charge is 0.274 e. The summed E-state index contributed by atoms with van der Waals surface area (Å²) < 4.78 is 12.6. The standard InChI is InChI=1S/C7H8FN4O/c8-5-2-1-3-6(4-5)12(10)7(13)11-9/h1,3-4H,9-10H2,(H,11,13). The van der Waals surface area contributed by atoms with E-state index in [1.807, 2.05) is 5.43 Å². The van der Waals surface area contributed by atoms with Crippen LogP contribution in [-0.4, -0.2) is 6.03 Å². The lowest BCUT2D eigenvalue weighted by molar-refractivity contribution is 0.246. The van der Waals surface area contributed by atoms with Crippen LogP contribution in [0.1, 0.15) is 0 Å². The number of benzene rings is 1. The third kappa shape index (κ3) is 2.14. The second-order valence-corrected chi connectivity index (χ2v) is 2.21. The molecule has 69 valence electrons. The summed E-state index contributed by atoms with van der Waals surface area (Å²) in [6.07, 6.45) is 0. The number of hydrogen-bond donors (Lipinski definition) is 3. The molecule has 13 heavy (non-hydrogen) atoms. The fourth-order valence-electron chi connectivity index (χ4n) is 0.763. The first-order valence-corrected chi connectivity index (χ1v) is 3.38. The molecule has 0 aliphatic rings. The highest BCUT2D eigenvalue weighted by molar-refractivity contribution is 5.90. The van der Waals surface area contributed by atoms with E-state index >= 15 is 0 Å². The highest BCUT2D eigenvalue weighted by atomic mass is 19.1. The summed E-state index contributed by atoms with van der Waals surface area (Å²) in [7, 11) is 0. The molecular weight excluding hydrogens is 175 g/mol. The molecule has 5 N–H and O–H groups in total. The maximum atomic E-state index is 12.6. The van der Waals surface area contributed by atoms with Crippen LogP contribution in [0.25, 0.3) is 0 Å². The van der Waals surface area contributed by atoms with Crippen molar-refractivity contribution in [2.45, 2.75) is 0 Å². The third-order valence-electron chi connectivity index (χ3n) is 1.37. The minimum absolute atomic E-state index is 0.194. The quantitative estimate of drug-likeness (QED) is 0.322. The number of nitrogens with two attached hydrogens (primary N) is 2. The Hall–Kier alpha value is -1.66. The molecule has 0 unspecified atom stereocenters. The molecular formula is C7H8FN4O. The molecule has 0 atom stereocenters. The van der Waals surface area contributed by atoms with E-state index in [0.29, 0.717) is 5.01 Å². The Morgan fingerprint density at radius 1 is 1.69 bits per heavy atom. The van der Waals surface area contributed by atoms with Crippen LogP contribution in [0.2, 0.25) is 0 Å². The lowest BCUT2D eigenvalue weighted by Crippen LogP contribution is -2.47. The summed E-state index contributed by atoms with van der Waals surface area (Å²) in [5, 5.41) is 0.691. The van der Waals surface area contributed by atoms with Crippen molar-refractivity contribution in [3.8, 4) is 0 Å². The van der Waals surface area contributed by atoms with E-state index in [9.17, 15) is 9.18 Å². The van der Waals surface area contributed by atoms with Gasteiger partial charge in [0, 0.05) is 6.07 Å². The van der Waals surface area contributed by atoms with Gasteiger partial charge in [-0.15, -0.1) is 0 Å². The van der Waals surface area contributed by atoms with Gasteiger partial charge >= 0.3 is 6.03 Å². The van der Waals surface area contributed by atoms with Gasteiger partial charge in [-0.05, 0) is 18.2 Å². The van der Waals surface area contributed by atoms with Gasteiger partial charge in [0.15, 0.2) is 0 Å². The Bertz CT molecular complexity index is 317. The minimum atomic E-state index is -0.731. The van der Waals surface area contributed by atoms with Gasteiger partial charge in [-0.25, -0.2) is 25.9 Å². The van der Waals surface area contributed by atoms with E-state index in [0.717, 1.165) is 6.07 Å². The van der Waals surface area contributed by atoms with Gasteiger partial charge in [0.2, 0.25) is 0 Å². The van der Waals surface area contributed by atoms with Gasteiger partial charge in [0.05, 0.1) is 5.69 Å². The molecule has 0 fully saturated rings. The summed E-state index contributed by atoms with van der Waals surface area (Å²) >= 11 is 0. The summed E-state index contributed by atoms with van der Waals surface area (Å²) in [4.78, 5) is 10.9. The van der Waals surface area contributed by atoms with Crippen LogP contribution in [0.3, 0.4) is 0 Å². The van der Waals surface area contributed by atoms with Crippen LogP contribution in [0, 0.1) is 11.9 Å². The average molecular weight is 183 g/mol. The van der Waals surface area contributed by atoms with Crippen molar-refractivity contribution >= 4 is 11.7 Å². The Kier molecular flexibility index (Phi) is 2.78. The Morgan fingerprint density at radius 3 is 2.92 bits per heavy atom. The van der Waals surface area contributed by atoms with Gasteiger partial charge in [0.1, 0.15) is 5.82 Å². The van der Waals surface area contributed by atoms with Gasteiger partial charge < -0.3 is 0 Å². The van der Waals surface area contributed by atoms with Crippen molar-refractivity contribution in [1.29, 1.82) is 0 Å². The number of rotatable bonds is 1. The molecule has 1 aromatic rings. The largest absolute Gasteiger partial charge is 0.350 e. The molecule has 0 heterocycles. The summed E-state index contributed by atoms with van der Waals surface area (Å²) in [5.41, 5.74) is 2.01. The number of hydrogen-bond acceptors (Lipinski definition) is 3. The highest BCUT2D eigenvalue weighted by Crippen LogP contribution is 2.11. The number of carbonyl (C=O) groups excluding carboxylic acids is 1. The zero-order valence-electron chi connectivity index (χ0n) is 6.62. The number of anilines is 1. The lowest BCUT2D eigenvalue weighted by atomic mass is 10.3. The Labute approximate surface area is 74.1 Å². The molecule has 1 radical (unpaired) electrons. The SMILES string of the molecule is NNC(=O)N(N)c1cc[c]c(F)c1. The van der Waals surface area contributed by atoms with Gasteiger partial charge in [-0.2, -0.15) is 0 Å². The van der Waals surface area contributed by atoms with Crippen molar-refractivity contribution in [2.24, 2.45) is 11.7 Å². The first-order chi connectivity index (χ1) is 6.15. The van der Waals surface area contributed by atoms with E-state index in [1.54, 1.807) is 0 Å². The number of carbonyl (C=O) groups is 1. The number of amides is 2. The molecule has 0 saturated carbocycles. The fourth-order valence-corrected chi connectivity index (χ4v) is 0.763. The second kappa shape index (κ2) is 3.83. The topological polar surface area (TPSA) is 84.4 Å². The van der Waals surface area contributed by atoms with Crippen LogP contribution in [0.4, 0.5) is 14.9 Å². The van der Waals surface area contributed by atoms with E-state index in [-0.39, 0.29) is 5.69 Å². The highest BCUT2D eigenvalue weighted by Gasteiger charge is 2.09. The van der Waals surface area contributed by atoms with Crippen molar-refractivity contribution in [3.63, 3.8) is 0 Å². The van der Waals surface area contributed by atoms with Crippen LogP contribution < -0.4 is 22.1 Å². The Balaban J connectivity index is 2.88. The molecule has 0 aliphatic heterocycles. The van der Waals surface area contributed by atoms with E-state index < -0.39 is 11.8 Å². The summed E-state index contributed by atoms with van der Waals surface area (Å²) in [6, 6.07) is 5.35. The monoisotopic (exact) mass is 183 g/mol. The third-order valence-corrected chi connectivity index (χ3v) is 1.37. The van der Waals surface area contributed by atoms with E-state index in [4.69, 9.17) is 11.7 Å². The first-order valence-electron chi connectivity index (χ1n) is 3.38. The lowest BCUT2D eigenvalue weighted by Gasteiger charge is -2.14. The second-order valence-electron chi connectivity index (χ2n) is 2.21. The number of nitrogens with one attached hydrogen (secondary N) is 1. The molecule has 0 saturated heterocycles. The molecule has 0 spiro atoms. The van der Waals surface area contributed by atoms with Crippen molar-refractivity contribution in [3.05, 3.63) is 30.1 Å². The molecule has 1 rings (SSSR count). The molecule has 6 heteroatoms. The molecule has 0 aromatic heterocycles. The predicted molar refractivity (Wildman–Crippen MR) is 44.6 cm³/mol.